The zero-order chi connectivity index (χ0) is 13.2. The Morgan fingerprint density at radius 1 is 1.26 bits per heavy atom. The first-order valence-corrected chi connectivity index (χ1v) is 7.31. The highest BCUT2D eigenvalue weighted by Gasteiger charge is 2.18. The lowest BCUT2D eigenvalue weighted by atomic mass is 10.1. The number of halogens is 1. The van der Waals surface area contributed by atoms with Gasteiger partial charge in [0.15, 0.2) is 5.82 Å². The molecule has 2 N–H and O–H groups in total. The second kappa shape index (κ2) is 5.35. The summed E-state index contributed by atoms with van der Waals surface area (Å²) in [6.45, 7) is 6.22. The van der Waals surface area contributed by atoms with Crippen LogP contribution >= 0.6 is 15.9 Å². The first-order chi connectivity index (χ1) is 9.25. The number of aromatic nitrogens is 2. The molecule has 0 spiro atoms. The number of piperazine rings is 1. The van der Waals surface area contributed by atoms with E-state index in [4.69, 9.17) is 0 Å². The maximum atomic E-state index is 4.50. The molecule has 0 radical (unpaired) electrons. The van der Waals surface area contributed by atoms with E-state index in [2.05, 4.69) is 55.4 Å². The summed E-state index contributed by atoms with van der Waals surface area (Å²) < 4.78 is 1.09. The minimum Gasteiger partial charge on any atom is -0.352 e. The Balaban J connectivity index is 1.94. The molecule has 0 saturated carbocycles. The van der Waals surface area contributed by atoms with Crippen LogP contribution in [0, 0.1) is 6.92 Å². The third-order valence-corrected chi connectivity index (χ3v) is 4.01. The summed E-state index contributed by atoms with van der Waals surface area (Å²) >= 11 is 3.51. The Morgan fingerprint density at radius 3 is 2.79 bits per heavy atom. The van der Waals surface area contributed by atoms with E-state index in [0.717, 1.165) is 42.2 Å². The molecule has 1 saturated heterocycles. The van der Waals surface area contributed by atoms with Crippen molar-refractivity contribution < 1.29 is 0 Å². The van der Waals surface area contributed by atoms with Gasteiger partial charge in [0.1, 0.15) is 0 Å². The fraction of sp³-hybridized carbons (Fsp3) is 0.357. The second-order valence-electron chi connectivity index (χ2n) is 4.79. The Kier molecular flexibility index (Phi) is 3.57. The molecule has 3 rings (SSSR count). The molecule has 5 heteroatoms. The number of benzene rings is 1. The minimum absolute atomic E-state index is 1.02. The summed E-state index contributed by atoms with van der Waals surface area (Å²) in [5.41, 5.74) is 3.50. The van der Waals surface area contributed by atoms with Crippen LogP contribution in [0.1, 0.15) is 5.56 Å². The zero-order valence-electron chi connectivity index (χ0n) is 10.9. The summed E-state index contributed by atoms with van der Waals surface area (Å²) in [6, 6.07) is 8.30. The average molecular weight is 321 g/mol. The van der Waals surface area contributed by atoms with Crippen LogP contribution in [-0.2, 0) is 0 Å². The Hall–Kier alpha value is -1.33. The van der Waals surface area contributed by atoms with Crippen molar-refractivity contribution in [3.8, 4) is 11.3 Å². The van der Waals surface area contributed by atoms with Gasteiger partial charge in [0.25, 0.3) is 0 Å². The monoisotopic (exact) mass is 320 g/mol. The topological polar surface area (TPSA) is 44.0 Å². The fourth-order valence-electron chi connectivity index (χ4n) is 2.50. The lowest BCUT2D eigenvalue weighted by Gasteiger charge is -2.27. The van der Waals surface area contributed by atoms with Gasteiger partial charge in [-0.1, -0.05) is 28.1 Å². The van der Waals surface area contributed by atoms with Gasteiger partial charge in [-0.15, -0.1) is 0 Å². The highest BCUT2D eigenvalue weighted by Crippen LogP contribution is 2.29. The lowest BCUT2D eigenvalue weighted by Crippen LogP contribution is -2.43. The maximum absolute atomic E-state index is 4.50. The average Bonchev–Trinajstić information content (AvgIpc) is 2.81. The van der Waals surface area contributed by atoms with Crippen molar-refractivity contribution in [1.29, 1.82) is 0 Å². The van der Waals surface area contributed by atoms with Gasteiger partial charge < -0.3 is 10.2 Å². The molecule has 2 heterocycles. The van der Waals surface area contributed by atoms with Gasteiger partial charge in [0.2, 0.25) is 0 Å². The van der Waals surface area contributed by atoms with E-state index in [1.54, 1.807) is 0 Å². The predicted octanol–water partition coefficient (Wildman–Crippen LogP) is 2.56. The van der Waals surface area contributed by atoms with E-state index >= 15 is 0 Å². The molecule has 0 amide bonds. The molecule has 1 aliphatic rings. The van der Waals surface area contributed by atoms with Gasteiger partial charge in [0.05, 0.1) is 5.69 Å². The van der Waals surface area contributed by atoms with Crippen LogP contribution < -0.4 is 10.2 Å². The zero-order valence-corrected chi connectivity index (χ0v) is 12.5. The summed E-state index contributed by atoms with van der Waals surface area (Å²) in [5, 5.41) is 11.0. The van der Waals surface area contributed by atoms with Crippen molar-refractivity contribution >= 4 is 21.7 Å². The molecular formula is C14H17BrN4. The molecule has 1 aromatic carbocycles. The van der Waals surface area contributed by atoms with Crippen LogP contribution in [0.15, 0.2) is 28.7 Å². The van der Waals surface area contributed by atoms with Crippen molar-refractivity contribution in [3.05, 3.63) is 34.3 Å². The summed E-state index contributed by atoms with van der Waals surface area (Å²) in [5.74, 6) is 1.08. The second-order valence-corrected chi connectivity index (χ2v) is 5.71. The third-order valence-electron chi connectivity index (χ3n) is 3.51. The van der Waals surface area contributed by atoms with Gasteiger partial charge in [-0.2, -0.15) is 5.10 Å². The Morgan fingerprint density at radius 2 is 2.05 bits per heavy atom. The molecule has 4 nitrogen and oxygen atoms in total. The predicted molar refractivity (Wildman–Crippen MR) is 81.5 cm³/mol. The number of aromatic amines is 1. The molecule has 1 aromatic heterocycles. The quantitative estimate of drug-likeness (QED) is 0.893. The van der Waals surface area contributed by atoms with Crippen LogP contribution in [0.2, 0.25) is 0 Å². The molecule has 1 fully saturated rings. The summed E-state index contributed by atoms with van der Waals surface area (Å²) in [6.07, 6.45) is 0. The molecule has 2 aromatic rings. The van der Waals surface area contributed by atoms with E-state index in [1.807, 2.05) is 12.1 Å². The lowest BCUT2D eigenvalue weighted by molar-refractivity contribution is 0.584. The standard InChI is InChI=1S/C14H17BrN4/c1-10-13(11-3-2-4-12(15)9-11)17-18-14(10)19-7-5-16-6-8-19/h2-4,9,16H,5-8H2,1H3,(H,17,18). The first-order valence-electron chi connectivity index (χ1n) is 6.52. The number of rotatable bonds is 2. The number of nitrogens with one attached hydrogen (secondary N) is 2. The molecular weight excluding hydrogens is 304 g/mol. The first kappa shape index (κ1) is 12.7. The fourth-order valence-corrected chi connectivity index (χ4v) is 2.90. The summed E-state index contributed by atoms with van der Waals surface area (Å²) in [4.78, 5) is 2.34. The van der Waals surface area contributed by atoms with Crippen LogP contribution in [0.5, 0.6) is 0 Å². The van der Waals surface area contributed by atoms with Gasteiger partial charge >= 0.3 is 0 Å². The van der Waals surface area contributed by atoms with Crippen LogP contribution in [0.4, 0.5) is 5.82 Å². The van der Waals surface area contributed by atoms with E-state index < -0.39 is 0 Å². The summed E-state index contributed by atoms with van der Waals surface area (Å²) in [7, 11) is 0. The molecule has 0 unspecified atom stereocenters. The SMILES string of the molecule is Cc1c(N2CCNCC2)n[nH]c1-c1cccc(Br)c1. The van der Waals surface area contributed by atoms with E-state index in [1.165, 1.54) is 11.1 Å². The van der Waals surface area contributed by atoms with Crippen molar-refractivity contribution in [2.24, 2.45) is 0 Å². The molecule has 0 bridgehead atoms. The molecule has 1 aliphatic heterocycles. The Labute approximate surface area is 121 Å². The van der Waals surface area contributed by atoms with E-state index in [-0.39, 0.29) is 0 Å². The largest absolute Gasteiger partial charge is 0.352 e. The highest BCUT2D eigenvalue weighted by molar-refractivity contribution is 9.10. The van der Waals surface area contributed by atoms with Crippen LogP contribution in [0.3, 0.4) is 0 Å². The Bertz CT molecular complexity index is 573. The molecule has 100 valence electrons. The van der Waals surface area contributed by atoms with E-state index in [0.29, 0.717) is 0 Å². The van der Waals surface area contributed by atoms with Gasteiger partial charge in [-0.3, -0.25) is 5.10 Å². The molecule has 19 heavy (non-hydrogen) atoms. The van der Waals surface area contributed by atoms with Crippen LogP contribution in [-0.4, -0.2) is 36.4 Å². The maximum Gasteiger partial charge on any atom is 0.154 e. The van der Waals surface area contributed by atoms with Crippen molar-refractivity contribution in [1.82, 2.24) is 15.5 Å². The minimum atomic E-state index is 1.02. The van der Waals surface area contributed by atoms with Gasteiger partial charge in [-0.25, -0.2) is 0 Å². The number of hydrogen-bond donors (Lipinski definition) is 2. The highest BCUT2D eigenvalue weighted by atomic mass is 79.9. The smallest absolute Gasteiger partial charge is 0.154 e. The number of nitrogens with zero attached hydrogens (tertiary/aromatic N) is 2. The van der Waals surface area contributed by atoms with Gasteiger partial charge in [-0.05, 0) is 19.1 Å². The van der Waals surface area contributed by atoms with Crippen molar-refractivity contribution in [2.75, 3.05) is 31.1 Å². The normalized spacial score (nSPS) is 15.8. The van der Waals surface area contributed by atoms with Crippen molar-refractivity contribution in [3.63, 3.8) is 0 Å². The van der Waals surface area contributed by atoms with E-state index in [9.17, 15) is 0 Å². The number of anilines is 1. The third kappa shape index (κ3) is 2.53. The van der Waals surface area contributed by atoms with Gasteiger partial charge in [0, 0.05) is 41.8 Å². The van der Waals surface area contributed by atoms with Crippen LogP contribution in [0.25, 0.3) is 11.3 Å². The molecule has 0 atom stereocenters. The number of H-pyrrole nitrogens is 1. The number of hydrogen-bond acceptors (Lipinski definition) is 3. The van der Waals surface area contributed by atoms with Crippen molar-refractivity contribution in [2.45, 2.75) is 6.92 Å². The molecule has 0 aliphatic carbocycles.